The van der Waals surface area contributed by atoms with Gasteiger partial charge >= 0.3 is 0 Å². The Bertz CT molecular complexity index is 312. The van der Waals surface area contributed by atoms with Crippen LogP contribution in [0.25, 0.3) is 0 Å². The summed E-state index contributed by atoms with van der Waals surface area (Å²) >= 11 is 0. The highest BCUT2D eigenvalue weighted by molar-refractivity contribution is 5.78. The monoisotopic (exact) mass is 228 g/mol. The van der Waals surface area contributed by atoms with E-state index in [0.717, 1.165) is 0 Å². The number of piperidine rings is 1. The van der Waals surface area contributed by atoms with Gasteiger partial charge in [0.2, 0.25) is 5.91 Å². The first kappa shape index (κ1) is 12.9. The zero-order valence-corrected chi connectivity index (χ0v) is 9.86. The number of carbonyl (C=O) groups is 1. The fourth-order valence-electron chi connectivity index (χ4n) is 2.28. The van der Waals surface area contributed by atoms with Gasteiger partial charge in [-0.25, -0.2) is 4.39 Å². The van der Waals surface area contributed by atoms with Crippen LogP contribution in [-0.2, 0) is 9.53 Å². The number of likely N-dealkylation sites (tertiary alicyclic amines) is 1. The Labute approximate surface area is 95.0 Å². The molecule has 0 aliphatic carbocycles. The van der Waals surface area contributed by atoms with Gasteiger partial charge in [-0.15, -0.1) is 0 Å². The van der Waals surface area contributed by atoms with E-state index < -0.39 is 17.7 Å². The summed E-state index contributed by atoms with van der Waals surface area (Å²) in [6, 6.07) is 1.79. The maximum absolute atomic E-state index is 13.8. The third-order valence-electron chi connectivity index (χ3n) is 2.93. The molecule has 1 amide bonds. The zero-order chi connectivity index (χ0) is 12.3. The third kappa shape index (κ3) is 2.50. The average Bonchev–Trinajstić information content (AvgIpc) is 2.16. The van der Waals surface area contributed by atoms with E-state index in [2.05, 4.69) is 0 Å². The molecule has 1 rings (SSSR count). The van der Waals surface area contributed by atoms with E-state index in [1.54, 1.807) is 6.07 Å². The predicted octanol–water partition coefficient (Wildman–Crippen LogP) is 1.12. The van der Waals surface area contributed by atoms with Crippen LogP contribution in [0.3, 0.4) is 0 Å². The van der Waals surface area contributed by atoms with Gasteiger partial charge in [0.15, 0.2) is 0 Å². The highest BCUT2D eigenvalue weighted by Crippen LogP contribution is 2.33. The number of alkyl halides is 1. The van der Waals surface area contributed by atoms with Gasteiger partial charge in [0.05, 0.1) is 18.7 Å². The molecule has 0 spiro atoms. The third-order valence-corrected chi connectivity index (χ3v) is 2.93. The molecule has 2 atom stereocenters. The summed E-state index contributed by atoms with van der Waals surface area (Å²) in [5, 5.41) is 8.45. The van der Waals surface area contributed by atoms with Gasteiger partial charge < -0.3 is 9.64 Å². The maximum atomic E-state index is 13.8. The molecule has 1 aliphatic heterocycles. The van der Waals surface area contributed by atoms with E-state index in [-0.39, 0.29) is 18.9 Å². The fraction of sp³-hybridized carbons (Fsp3) is 0.818. The lowest BCUT2D eigenvalue weighted by atomic mass is 9.80. The van der Waals surface area contributed by atoms with Crippen LogP contribution in [-0.4, -0.2) is 43.3 Å². The number of halogens is 1. The first-order valence-corrected chi connectivity index (χ1v) is 5.24. The molecule has 0 N–H and O–H groups in total. The Kier molecular flexibility index (Phi) is 3.87. The minimum Gasteiger partial charge on any atom is -0.378 e. The molecule has 1 fully saturated rings. The number of hydrogen-bond donors (Lipinski definition) is 0. The minimum atomic E-state index is -1.20. The normalized spacial score (nSPS) is 28.6. The summed E-state index contributed by atoms with van der Waals surface area (Å²) in [7, 11) is 1.48. The summed E-state index contributed by atoms with van der Waals surface area (Å²) in [5.74, 6) is -0.312. The van der Waals surface area contributed by atoms with E-state index in [0.29, 0.717) is 6.54 Å². The number of nitriles is 1. The Morgan fingerprint density at radius 1 is 1.69 bits per heavy atom. The van der Waals surface area contributed by atoms with Crippen LogP contribution >= 0.6 is 0 Å². The Hall–Kier alpha value is -1.15. The number of carbonyl (C=O) groups excluding carboxylic acids is 1. The smallest absolute Gasteiger partial charge is 0.236 e. The first-order valence-electron chi connectivity index (χ1n) is 5.24. The molecule has 0 aromatic carbocycles. The van der Waals surface area contributed by atoms with Crippen molar-refractivity contribution >= 4 is 5.91 Å². The van der Waals surface area contributed by atoms with Crippen molar-refractivity contribution in [2.45, 2.75) is 32.5 Å². The molecular weight excluding hydrogens is 211 g/mol. The van der Waals surface area contributed by atoms with E-state index in [1.807, 2.05) is 13.8 Å². The lowest BCUT2D eigenvalue weighted by Gasteiger charge is -2.45. The number of ether oxygens (including phenoxy) is 1. The first-order chi connectivity index (χ1) is 7.42. The van der Waals surface area contributed by atoms with Crippen molar-refractivity contribution in [1.82, 2.24) is 4.90 Å². The minimum absolute atomic E-state index is 0.0163. The highest BCUT2D eigenvalue weighted by Gasteiger charge is 2.44. The van der Waals surface area contributed by atoms with Gasteiger partial charge in [0.25, 0.3) is 0 Å². The lowest BCUT2D eigenvalue weighted by Crippen LogP contribution is -2.57. The average molecular weight is 228 g/mol. The zero-order valence-electron chi connectivity index (χ0n) is 9.86. The summed E-state index contributed by atoms with van der Waals surface area (Å²) in [6.07, 6.45) is -1.89. The van der Waals surface area contributed by atoms with Crippen LogP contribution in [0.15, 0.2) is 0 Å². The van der Waals surface area contributed by atoms with Crippen LogP contribution in [0, 0.1) is 16.7 Å². The van der Waals surface area contributed by atoms with E-state index in [9.17, 15) is 9.18 Å². The standard InChI is InChI=1S/C11H17FN2O2/c1-11(2)7-14(9(15)4-5-13)6-8(12)10(11)16-3/h8,10H,4,6-7H2,1-3H3/t8?,10-/m0/s1. The lowest BCUT2D eigenvalue weighted by molar-refractivity contribution is -0.145. The van der Waals surface area contributed by atoms with Crippen molar-refractivity contribution in [2.75, 3.05) is 20.2 Å². The SMILES string of the molecule is CO[C@H]1C(F)CN(C(=O)CC#N)CC1(C)C. The van der Waals surface area contributed by atoms with Crippen LogP contribution in [0.4, 0.5) is 4.39 Å². The van der Waals surface area contributed by atoms with Crippen molar-refractivity contribution in [3.8, 4) is 6.07 Å². The van der Waals surface area contributed by atoms with Gasteiger partial charge in [-0.2, -0.15) is 5.26 Å². The topological polar surface area (TPSA) is 53.3 Å². The molecule has 4 nitrogen and oxygen atoms in total. The van der Waals surface area contributed by atoms with Crippen LogP contribution in [0.2, 0.25) is 0 Å². The molecule has 16 heavy (non-hydrogen) atoms. The number of amides is 1. The molecular formula is C11H17FN2O2. The van der Waals surface area contributed by atoms with Crippen LogP contribution in [0.1, 0.15) is 20.3 Å². The van der Waals surface area contributed by atoms with Gasteiger partial charge in [0, 0.05) is 19.1 Å². The summed E-state index contributed by atoms with van der Waals surface area (Å²) in [6.45, 7) is 4.16. The molecule has 1 aliphatic rings. The molecule has 1 saturated heterocycles. The molecule has 90 valence electrons. The van der Waals surface area contributed by atoms with Crippen molar-refractivity contribution in [2.24, 2.45) is 5.41 Å². The largest absolute Gasteiger partial charge is 0.378 e. The quantitative estimate of drug-likeness (QED) is 0.711. The Morgan fingerprint density at radius 2 is 2.31 bits per heavy atom. The Morgan fingerprint density at radius 3 is 2.75 bits per heavy atom. The Balaban J connectivity index is 2.76. The van der Waals surface area contributed by atoms with Crippen LogP contribution < -0.4 is 0 Å². The molecule has 0 bridgehead atoms. The number of methoxy groups -OCH3 is 1. The molecule has 1 unspecified atom stereocenters. The maximum Gasteiger partial charge on any atom is 0.236 e. The summed E-state index contributed by atoms with van der Waals surface area (Å²) in [5.41, 5.74) is -0.433. The van der Waals surface area contributed by atoms with Crippen molar-refractivity contribution in [3.05, 3.63) is 0 Å². The van der Waals surface area contributed by atoms with Crippen LogP contribution in [0.5, 0.6) is 0 Å². The highest BCUT2D eigenvalue weighted by atomic mass is 19.1. The van der Waals surface area contributed by atoms with Crippen molar-refractivity contribution in [3.63, 3.8) is 0 Å². The van der Waals surface area contributed by atoms with Crippen molar-refractivity contribution < 1.29 is 13.9 Å². The van der Waals surface area contributed by atoms with Gasteiger partial charge in [-0.1, -0.05) is 13.8 Å². The second kappa shape index (κ2) is 4.79. The van der Waals surface area contributed by atoms with Gasteiger partial charge in [-0.05, 0) is 0 Å². The summed E-state index contributed by atoms with van der Waals surface area (Å²) < 4.78 is 18.9. The molecule has 1 heterocycles. The van der Waals surface area contributed by atoms with E-state index in [1.165, 1.54) is 12.0 Å². The molecule has 0 aromatic heterocycles. The number of hydrogen-bond acceptors (Lipinski definition) is 3. The molecule has 0 radical (unpaired) electrons. The fourth-order valence-corrected chi connectivity index (χ4v) is 2.28. The second-order valence-electron chi connectivity index (χ2n) is 4.77. The van der Waals surface area contributed by atoms with Crippen molar-refractivity contribution in [1.29, 1.82) is 5.26 Å². The van der Waals surface area contributed by atoms with Gasteiger partial charge in [-0.3, -0.25) is 4.79 Å². The van der Waals surface area contributed by atoms with Gasteiger partial charge in [0.1, 0.15) is 12.6 Å². The summed E-state index contributed by atoms with van der Waals surface area (Å²) in [4.78, 5) is 12.9. The predicted molar refractivity (Wildman–Crippen MR) is 56.3 cm³/mol. The van der Waals surface area contributed by atoms with E-state index >= 15 is 0 Å². The van der Waals surface area contributed by atoms with E-state index in [4.69, 9.17) is 10.00 Å². The molecule has 0 saturated carbocycles. The number of nitrogens with zero attached hydrogens (tertiary/aromatic N) is 2. The molecule has 0 aromatic rings. The number of rotatable bonds is 2. The second-order valence-corrected chi connectivity index (χ2v) is 4.77. The molecule has 5 heteroatoms.